The summed E-state index contributed by atoms with van der Waals surface area (Å²) in [5.41, 5.74) is 1.93. The second kappa shape index (κ2) is 8.05. The number of para-hydroxylation sites is 1. The molecule has 2 N–H and O–H groups in total. The third-order valence-corrected chi connectivity index (χ3v) is 5.21. The molecule has 148 valence electrons. The van der Waals surface area contributed by atoms with Crippen molar-refractivity contribution in [3.63, 3.8) is 0 Å². The van der Waals surface area contributed by atoms with Crippen LogP contribution in [-0.2, 0) is 9.59 Å². The lowest BCUT2D eigenvalue weighted by Gasteiger charge is -2.26. The Kier molecular flexibility index (Phi) is 5.31. The van der Waals surface area contributed by atoms with Gasteiger partial charge >= 0.3 is 0 Å². The predicted molar refractivity (Wildman–Crippen MR) is 114 cm³/mol. The lowest BCUT2D eigenvalue weighted by atomic mass is 10.1. The number of halogens is 1. The quantitative estimate of drug-likeness (QED) is 0.683. The number of benzene rings is 2. The highest BCUT2D eigenvalue weighted by atomic mass is 35.5. The van der Waals surface area contributed by atoms with Gasteiger partial charge in [0.05, 0.1) is 16.2 Å². The fraction of sp³-hybridized carbons (Fsp3) is 0.238. The number of hydrogen-bond donors (Lipinski definition) is 2. The summed E-state index contributed by atoms with van der Waals surface area (Å²) in [7, 11) is 0. The molecule has 7 nitrogen and oxygen atoms in total. The number of carbonyl (C=O) groups excluding carboxylic acids is 2. The average molecular weight is 410 g/mol. The summed E-state index contributed by atoms with van der Waals surface area (Å²) in [4.78, 5) is 35.0. The molecule has 1 atom stereocenters. The van der Waals surface area contributed by atoms with Crippen molar-refractivity contribution in [3.05, 3.63) is 53.8 Å². The molecule has 29 heavy (non-hydrogen) atoms. The normalized spacial score (nSPS) is 16.1. The van der Waals surface area contributed by atoms with Crippen molar-refractivity contribution >= 4 is 51.5 Å². The fourth-order valence-electron chi connectivity index (χ4n) is 3.62. The van der Waals surface area contributed by atoms with Crippen molar-refractivity contribution in [2.24, 2.45) is 0 Å². The van der Waals surface area contributed by atoms with Gasteiger partial charge in [-0.3, -0.25) is 9.59 Å². The first-order valence-electron chi connectivity index (χ1n) is 9.37. The van der Waals surface area contributed by atoms with E-state index >= 15 is 0 Å². The molecule has 8 heteroatoms. The van der Waals surface area contributed by atoms with Crippen LogP contribution in [0, 0.1) is 0 Å². The Bertz CT molecular complexity index is 1080. The molecule has 0 spiro atoms. The molecule has 1 saturated heterocycles. The van der Waals surface area contributed by atoms with Gasteiger partial charge in [-0.1, -0.05) is 23.7 Å². The van der Waals surface area contributed by atoms with Gasteiger partial charge in [0, 0.05) is 24.5 Å². The smallest absolute Gasteiger partial charge is 0.247 e. The second-order valence-corrected chi connectivity index (χ2v) is 7.34. The van der Waals surface area contributed by atoms with Crippen LogP contribution >= 0.6 is 11.6 Å². The van der Waals surface area contributed by atoms with Gasteiger partial charge in [-0.15, -0.1) is 0 Å². The van der Waals surface area contributed by atoms with Gasteiger partial charge in [-0.2, -0.15) is 0 Å². The molecule has 0 saturated carbocycles. The van der Waals surface area contributed by atoms with E-state index in [-0.39, 0.29) is 17.9 Å². The minimum atomic E-state index is -0.331. The Morgan fingerprint density at radius 3 is 2.76 bits per heavy atom. The van der Waals surface area contributed by atoms with E-state index in [4.69, 9.17) is 11.6 Å². The van der Waals surface area contributed by atoms with Crippen molar-refractivity contribution in [3.8, 4) is 0 Å². The molecule has 2 heterocycles. The van der Waals surface area contributed by atoms with Crippen molar-refractivity contribution in [2.45, 2.75) is 25.8 Å². The minimum Gasteiger partial charge on any atom is -0.344 e. The summed E-state index contributed by atoms with van der Waals surface area (Å²) in [6, 6.07) is 12.5. The summed E-state index contributed by atoms with van der Waals surface area (Å²) in [5.74, 6) is 0.447. The van der Waals surface area contributed by atoms with Crippen LogP contribution < -0.4 is 15.5 Å². The fourth-order valence-corrected chi connectivity index (χ4v) is 3.85. The van der Waals surface area contributed by atoms with Crippen LogP contribution in [-0.4, -0.2) is 34.4 Å². The zero-order valence-electron chi connectivity index (χ0n) is 15.9. The predicted octanol–water partition coefficient (Wildman–Crippen LogP) is 3.85. The number of nitrogens with one attached hydrogen (secondary N) is 2. The number of aromatic nitrogens is 2. The van der Waals surface area contributed by atoms with Crippen molar-refractivity contribution < 1.29 is 9.59 Å². The van der Waals surface area contributed by atoms with E-state index in [1.54, 1.807) is 18.2 Å². The van der Waals surface area contributed by atoms with Gasteiger partial charge in [0.1, 0.15) is 18.2 Å². The molecule has 0 unspecified atom stereocenters. The highest BCUT2D eigenvalue weighted by Crippen LogP contribution is 2.31. The number of amides is 2. The van der Waals surface area contributed by atoms with Crippen molar-refractivity contribution in [2.75, 3.05) is 22.1 Å². The molecule has 1 fully saturated rings. The first-order valence-corrected chi connectivity index (χ1v) is 9.75. The van der Waals surface area contributed by atoms with Crippen LogP contribution in [0.15, 0.2) is 48.8 Å². The zero-order chi connectivity index (χ0) is 20.4. The maximum absolute atomic E-state index is 13.0. The zero-order valence-corrected chi connectivity index (χ0v) is 16.6. The number of nitrogens with zero attached hydrogens (tertiary/aromatic N) is 3. The first kappa shape index (κ1) is 19.1. The first-order chi connectivity index (χ1) is 14.0. The molecule has 0 bridgehead atoms. The minimum absolute atomic E-state index is 0.117. The molecule has 2 amide bonds. The number of carbonyl (C=O) groups is 2. The average Bonchev–Trinajstić information content (AvgIpc) is 3.19. The highest BCUT2D eigenvalue weighted by Gasteiger charge is 2.32. The summed E-state index contributed by atoms with van der Waals surface area (Å²) < 4.78 is 0. The van der Waals surface area contributed by atoms with E-state index in [0.717, 1.165) is 36.1 Å². The van der Waals surface area contributed by atoms with E-state index in [1.165, 1.54) is 13.3 Å². The Morgan fingerprint density at radius 2 is 1.97 bits per heavy atom. The third kappa shape index (κ3) is 4.00. The lowest BCUT2D eigenvalue weighted by Crippen LogP contribution is -2.40. The number of fused-ring (bicyclic) bond motifs is 1. The van der Waals surface area contributed by atoms with Crippen LogP contribution in [0.3, 0.4) is 0 Å². The van der Waals surface area contributed by atoms with Gasteiger partial charge < -0.3 is 15.5 Å². The lowest BCUT2D eigenvalue weighted by molar-refractivity contribution is -0.117. The topological polar surface area (TPSA) is 87.2 Å². The number of anilines is 3. The Morgan fingerprint density at radius 1 is 1.14 bits per heavy atom. The van der Waals surface area contributed by atoms with E-state index in [2.05, 4.69) is 20.6 Å². The van der Waals surface area contributed by atoms with E-state index in [1.807, 2.05) is 29.2 Å². The largest absolute Gasteiger partial charge is 0.344 e. The SMILES string of the molecule is CC(=O)Nc1ccc(NC(=O)[C@H]2CCCN2c2ncnc3ccccc23)cc1Cl. The molecule has 3 aromatic rings. The molecular formula is C21H20ClN5O2. The summed E-state index contributed by atoms with van der Waals surface area (Å²) in [6.45, 7) is 2.17. The molecule has 1 aromatic heterocycles. The van der Waals surface area contributed by atoms with E-state index in [9.17, 15) is 9.59 Å². The van der Waals surface area contributed by atoms with Gasteiger partial charge in [0.25, 0.3) is 0 Å². The number of hydrogen-bond acceptors (Lipinski definition) is 5. The molecular weight excluding hydrogens is 390 g/mol. The molecule has 0 aliphatic carbocycles. The summed E-state index contributed by atoms with van der Waals surface area (Å²) >= 11 is 6.21. The van der Waals surface area contributed by atoms with Crippen LogP contribution in [0.2, 0.25) is 5.02 Å². The molecule has 2 aromatic carbocycles. The monoisotopic (exact) mass is 409 g/mol. The number of rotatable bonds is 4. The van der Waals surface area contributed by atoms with E-state index < -0.39 is 0 Å². The third-order valence-electron chi connectivity index (χ3n) is 4.90. The maximum atomic E-state index is 13.0. The van der Waals surface area contributed by atoms with Crippen LogP contribution in [0.1, 0.15) is 19.8 Å². The van der Waals surface area contributed by atoms with Crippen molar-refractivity contribution in [1.29, 1.82) is 0 Å². The summed E-state index contributed by atoms with van der Waals surface area (Å²) in [6.07, 6.45) is 3.17. The summed E-state index contributed by atoms with van der Waals surface area (Å²) in [5, 5.41) is 6.87. The second-order valence-electron chi connectivity index (χ2n) is 6.93. The van der Waals surface area contributed by atoms with Gasteiger partial charge in [-0.05, 0) is 43.2 Å². The standard InChI is InChI=1S/C21H20ClN5O2/c1-13(28)25-18-9-8-14(11-16(18)22)26-21(29)19-7-4-10-27(19)20-15-5-2-3-6-17(15)23-12-24-20/h2-3,5-6,8-9,11-12,19H,4,7,10H2,1H3,(H,25,28)(H,26,29)/t19-/m1/s1. The van der Waals surface area contributed by atoms with Crippen molar-refractivity contribution in [1.82, 2.24) is 9.97 Å². The van der Waals surface area contributed by atoms with Gasteiger partial charge in [-0.25, -0.2) is 9.97 Å². The highest BCUT2D eigenvalue weighted by molar-refractivity contribution is 6.34. The Hall–Kier alpha value is -3.19. The van der Waals surface area contributed by atoms with Crippen LogP contribution in [0.25, 0.3) is 10.9 Å². The molecule has 4 rings (SSSR count). The van der Waals surface area contributed by atoms with E-state index in [0.29, 0.717) is 16.4 Å². The van der Waals surface area contributed by atoms with Crippen LogP contribution in [0.5, 0.6) is 0 Å². The Labute approximate surface area is 173 Å². The molecule has 1 aliphatic heterocycles. The maximum Gasteiger partial charge on any atom is 0.247 e. The molecule has 1 aliphatic rings. The Balaban J connectivity index is 1.55. The van der Waals surface area contributed by atoms with Gasteiger partial charge in [0.15, 0.2) is 0 Å². The van der Waals surface area contributed by atoms with Crippen LogP contribution in [0.4, 0.5) is 17.2 Å². The molecule has 0 radical (unpaired) electrons. The van der Waals surface area contributed by atoms with Gasteiger partial charge in [0.2, 0.25) is 11.8 Å².